The molecule has 14 atom stereocenters. The highest BCUT2D eigenvalue weighted by Crippen LogP contribution is 2.34. The van der Waals surface area contributed by atoms with Gasteiger partial charge in [-0.2, -0.15) is 0 Å². The van der Waals surface area contributed by atoms with Crippen LogP contribution in [0.5, 0.6) is 0 Å². The summed E-state index contributed by atoms with van der Waals surface area (Å²) in [5, 5.41) is 74.7. The van der Waals surface area contributed by atoms with Crippen molar-refractivity contribution in [1.82, 2.24) is 10.6 Å². The Morgan fingerprint density at radius 1 is 1.12 bits per heavy atom. The predicted molar refractivity (Wildman–Crippen MR) is 142 cm³/mol. The zero-order chi connectivity index (χ0) is 30.5. The summed E-state index contributed by atoms with van der Waals surface area (Å²) >= 11 is 0. The minimum absolute atomic E-state index is 0.0514. The van der Waals surface area contributed by atoms with Crippen LogP contribution in [0, 0.1) is 11.3 Å². The smallest absolute Gasteiger partial charge is 0.184 e. The van der Waals surface area contributed by atoms with Crippen molar-refractivity contribution in [2.45, 2.75) is 112 Å². The second kappa shape index (κ2) is 15.1. The van der Waals surface area contributed by atoms with Gasteiger partial charge in [0.25, 0.3) is 0 Å². The molecule has 1 aliphatic carbocycles. The maximum absolute atomic E-state index is 13.0. The molecule has 41 heavy (non-hydrogen) atoms. The van der Waals surface area contributed by atoms with E-state index in [9.17, 15) is 29.9 Å². The SMILES string of the molecule is C[C@@H]1C(O)[C@@H](OC2C(O)C(O[C@H]3O[C@H](CNCC(O)CO)CCC3N)[C@@H](N)C[C@H]2NC(=N)C(O)CF)OCC1(C)O. The largest absolute Gasteiger partial charge is 0.394 e. The maximum Gasteiger partial charge on any atom is 0.184 e. The van der Waals surface area contributed by atoms with Gasteiger partial charge >= 0.3 is 0 Å². The molecule has 0 aromatic heterocycles. The zero-order valence-corrected chi connectivity index (χ0v) is 23.5. The number of hydrogen-bond donors (Lipinski definition) is 11. The number of aliphatic hydroxyl groups is 6. The zero-order valence-electron chi connectivity index (χ0n) is 23.5. The van der Waals surface area contributed by atoms with Gasteiger partial charge in [0.15, 0.2) is 12.6 Å². The molecule has 0 amide bonds. The quantitative estimate of drug-likeness (QED) is 0.0757. The Bertz CT molecular complexity index is 834. The molecule has 0 aromatic rings. The van der Waals surface area contributed by atoms with Crippen molar-refractivity contribution in [3.05, 3.63) is 0 Å². The molecule has 0 bridgehead atoms. The van der Waals surface area contributed by atoms with E-state index in [1.807, 2.05) is 0 Å². The topological polar surface area (TPSA) is 258 Å². The second-order valence-corrected chi connectivity index (χ2v) is 11.6. The van der Waals surface area contributed by atoms with Gasteiger partial charge < -0.3 is 71.7 Å². The van der Waals surface area contributed by atoms with Gasteiger partial charge in [-0.3, -0.25) is 5.41 Å². The fourth-order valence-corrected chi connectivity index (χ4v) is 5.26. The van der Waals surface area contributed by atoms with Crippen molar-refractivity contribution in [3.8, 4) is 0 Å². The van der Waals surface area contributed by atoms with Crippen LogP contribution in [0.15, 0.2) is 0 Å². The average molecular weight is 598 g/mol. The van der Waals surface area contributed by atoms with Crippen LogP contribution in [0.25, 0.3) is 0 Å². The lowest BCUT2D eigenvalue weighted by molar-refractivity contribution is -0.313. The molecule has 0 radical (unpaired) electrons. The minimum Gasteiger partial charge on any atom is -0.394 e. The van der Waals surface area contributed by atoms with Crippen LogP contribution in [0.2, 0.25) is 0 Å². The van der Waals surface area contributed by atoms with Gasteiger partial charge in [-0.15, -0.1) is 0 Å². The fourth-order valence-electron chi connectivity index (χ4n) is 5.26. The Balaban J connectivity index is 1.73. The van der Waals surface area contributed by atoms with Crippen molar-refractivity contribution in [1.29, 1.82) is 5.41 Å². The molecule has 3 fully saturated rings. The maximum atomic E-state index is 13.0. The summed E-state index contributed by atoms with van der Waals surface area (Å²) in [6.07, 6.45) is -8.98. The van der Waals surface area contributed by atoms with Crippen LogP contribution < -0.4 is 22.1 Å². The van der Waals surface area contributed by atoms with E-state index in [0.29, 0.717) is 19.4 Å². The lowest BCUT2D eigenvalue weighted by Gasteiger charge is -2.49. The number of hydrogen-bond acceptors (Lipinski definition) is 14. The number of aliphatic hydroxyl groups excluding tert-OH is 5. The highest BCUT2D eigenvalue weighted by molar-refractivity contribution is 5.83. The number of amidine groups is 1. The van der Waals surface area contributed by atoms with E-state index in [1.165, 1.54) is 6.92 Å². The third kappa shape index (κ3) is 8.72. The Labute approximate surface area is 238 Å². The first kappa shape index (κ1) is 34.4. The van der Waals surface area contributed by atoms with Crippen molar-refractivity contribution < 1.29 is 54.0 Å². The summed E-state index contributed by atoms with van der Waals surface area (Å²) in [4.78, 5) is 0. The fraction of sp³-hybridized carbons (Fsp3) is 0.960. The van der Waals surface area contributed by atoms with Crippen LogP contribution in [0.1, 0.15) is 33.1 Å². The van der Waals surface area contributed by atoms with Gasteiger partial charge in [0, 0.05) is 25.0 Å². The molecular formula is C25H48FN5O10. The molecule has 2 saturated heterocycles. The van der Waals surface area contributed by atoms with Crippen LogP contribution >= 0.6 is 0 Å². The van der Waals surface area contributed by atoms with E-state index in [0.717, 1.165) is 0 Å². The van der Waals surface area contributed by atoms with E-state index in [-0.39, 0.29) is 32.3 Å². The van der Waals surface area contributed by atoms with Gasteiger partial charge in [-0.25, -0.2) is 4.39 Å². The van der Waals surface area contributed by atoms with E-state index in [1.54, 1.807) is 6.92 Å². The highest BCUT2D eigenvalue weighted by atomic mass is 19.1. The molecule has 8 unspecified atom stereocenters. The van der Waals surface area contributed by atoms with Gasteiger partial charge in [0.05, 0.1) is 43.1 Å². The van der Waals surface area contributed by atoms with E-state index < -0.39 is 91.4 Å². The second-order valence-electron chi connectivity index (χ2n) is 11.6. The first-order valence-electron chi connectivity index (χ1n) is 14.0. The molecule has 2 heterocycles. The molecule has 16 heteroatoms. The number of alkyl halides is 1. The Kier molecular flexibility index (Phi) is 12.6. The van der Waals surface area contributed by atoms with Crippen LogP contribution in [-0.4, -0.2) is 148 Å². The van der Waals surface area contributed by atoms with Crippen molar-refractivity contribution in [3.63, 3.8) is 0 Å². The number of ether oxygens (including phenoxy) is 4. The third-order valence-electron chi connectivity index (χ3n) is 8.19. The molecule has 240 valence electrons. The molecule has 0 spiro atoms. The molecule has 3 rings (SSSR count). The minimum atomic E-state index is -1.72. The van der Waals surface area contributed by atoms with Crippen LogP contribution in [0.4, 0.5) is 4.39 Å². The van der Waals surface area contributed by atoms with Gasteiger partial charge in [0.2, 0.25) is 0 Å². The first-order chi connectivity index (χ1) is 19.3. The lowest BCUT2D eigenvalue weighted by atomic mass is 9.82. The molecule has 1 saturated carbocycles. The Morgan fingerprint density at radius 2 is 1.80 bits per heavy atom. The summed E-state index contributed by atoms with van der Waals surface area (Å²) in [6, 6.07) is -2.27. The normalized spacial score (nSPS) is 43.3. The Morgan fingerprint density at radius 3 is 2.46 bits per heavy atom. The van der Waals surface area contributed by atoms with Crippen molar-refractivity contribution in [2.75, 3.05) is 33.0 Å². The molecule has 0 aromatic carbocycles. The van der Waals surface area contributed by atoms with Crippen molar-refractivity contribution in [2.24, 2.45) is 17.4 Å². The number of rotatable bonds is 12. The lowest BCUT2D eigenvalue weighted by Crippen LogP contribution is -2.68. The number of nitrogens with one attached hydrogen (secondary N) is 3. The van der Waals surface area contributed by atoms with E-state index >= 15 is 0 Å². The summed E-state index contributed by atoms with van der Waals surface area (Å²) in [6.45, 7) is 1.95. The first-order valence-corrected chi connectivity index (χ1v) is 14.0. The standard InChI is InChI=1S/C25H48FN5O10/c1-11-18(35)24(38-10-25(11,2)37)41-21-16(31-22(29)17(34)6-26)5-15(28)20(19(21)36)40-23-14(27)4-3-13(39-23)8-30-7-12(33)9-32/h11-21,23-24,30,32-37H,3-10,27-28H2,1-2H3,(H2,29,31)/t11-,12?,13+,14?,15+,16-,17?,18?,19?,20?,21?,23-,24-,25?/m1/s1. The Hall–Kier alpha value is -1.12. The monoisotopic (exact) mass is 597 g/mol. The van der Waals surface area contributed by atoms with E-state index in [2.05, 4.69) is 10.6 Å². The highest BCUT2D eigenvalue weighted by Gasteiger charge is 2.51. The third-order valence-corrected chi connectivity index (χ3v) is 8.19. The molecule has 13 N–H and O–H groups in total. The van der Waals surface area contributed by atoms with Gasteiger partial charge in [-0.05, 0) is 26.2 Å². The van der Waals surface area contributed by atoms with Gasteiger partial charge in [0.1, 0.15) is 43.0 Å². The van der Waals surface area contributed by atoms with E-state index in [4.69, 9.17) is 40.9 Å². The molecule has 15 nitrogen and oxygen atoms in total. The average Bonchev–Trinajstić information content (AvgIpc) is 2.93. The summed E-state index contributed by atoms with van der Waals surface area (Å²) in [5.41, 5.74) is 11.3. The molecular weight excluding hydrogens is 549 g/mol. The molecule has 2 aliphatic heterocycles. The number of nitrogens with two attached hydrogens (primary N) is 2. The summed E-state index contributed by atoms with van der Waals surface area (Å²) < 4.78 is 36.7. The summed E-state index contributed by atoms with van der Waals surface area (Å²) in [5.74, 6) is -1.18. The molecule has 3 aliphatic rings. The summed E-state index contributed by atoms with van der Waals surface area (Å²) in [7, 11) is 0. The predicted octanol–water partition coefficient (Wildman–Crippen LogP) is -4.01. The van der Waals surface area contributed by atoms with Crippen LogP contribution in [0.3, 0.4) is 0 Å². The van der Waals surface area contributed by atoms with Crippen LogP contribution in [-0.2, 0) is 18.9 Å². The van der Waals surface area contributed by atoms with Crippen molar-refractivity contribution >= 4 is 5.84 Å². The van der Waals surface area contributed by atoms with Gasteiger partial charge in [-0.1, -0.05) is 6.92 Å². The number of halogens is 1.